The fraction of sp³-hybridized carbons (Fsp3) is 0.833. The van der Waals surface area contributed by atoms with Crippen LogP contribution in [0, 0.1) is 11.8 Å². The van der Waals surface area contributed by atoms with Crippen LogP contribution in [0.4, 0.5) is 0 Å². The van der Waals surface area contributed by atoms with E-state index in [1.807, 2.05) is 13.8 Å². The summed E-state index contributed by atoms with van der Waals surface area (Å²) < 4.78 is 9.94. The van der Waals surface area contributed by atoms with Crippen molar-refractivity contribution in [2.75, 3.05) is 6.61 Å². The predicted octanol–water partition coefficient (Wildman–Crippen LogP) is 2.16. The maximum absolute atomic E-state index is 11.6. The van der Waals surface area contributed by atoms with Crippen molar-refractivity contribution >= 4 is 11.9 Å². The normalized spacial score (nSPS) is 12.7. The third kappa shape index (κ3) is 5.73. The van der Waals surface area contributed by atoms with E-state index in [9.17, 15) is 9.59 Å². The second kappa shape index (κ2) is 7.25. The number of rotatable bonds is 6. The molecule has 0 aromatic rings. The minimum absolute atomic E-state index is 0.0683. The molecule has 1 unspecified atom stereocenters. The summed E-state index contributed by atoms with van der Waals surface area (Å²) in [5, 5.41) is 0. The van der Waals surface area contributed by atoms with Crippen molar-refractivity contribution in [2.24, 2.45) is 11.8 Å². The van der Waals surface area contributed by atoms with Gasteiger partial charge in [-0.2, -0.15) is 0 Å². The molecular weight excluding hydrogens is 208 g/mol. The second-order valence-corrected chi connectivity index (χ2v) is 4.35. The minimum atomic E-state index is -0.411. The van der Waals surface area contributed by atoms with Gasteiger partial charge in [-0.05, 0) is 26.7 Å². The standard InChI is InChI=1S/C12H22O4/c1-6-15-12(14)10(8(2)3)7-11(13)16-9(4)5/h8-10H,6-7H2,1-5H3. The first-order valence-corrected chi connectivity index (χ1v) is 5.74. The van der Waals surface area contributed by atoms with Gasteiger partial charge in [0.25, 0.3) is 0 Å². The first-order valence-electron chi connectivity index (χ1n) is 5.74. The second-order valence-electron chi connectivity index (χ2n) is 4.35. The van der Waals surface area contributed by atoms with Crippen molar-refractivity contribution in [1.29, 1.82) is 0 Å². The van der Waals surface area contributed by atoms with E-state index in [0.717, 1.165) is 0 Å². The SMILES string of the molecule is CCOC(=O)C(CC(=O)OC(C)C)C(C)C. The van der Waals surface area contributed by atoms with Gasteiger partial charge in [-0.15, -0.1) is 0 Å². The highest BCUT2D eigenvalue weighted by Crippen LogP contribution is 2.18. The van der Waals surface area contributed by atoms with Gasteiger partial charge in [-0.3, -0.25) is 9.59 Å². The Morgan fingerprint density at radius 3 is 2.06 bits per heavy atom. The van der Waals surface area contributed by atoms with E-state index in [2.05, 4.69) is 0 Å². The van der Waals surface area contributed by atoms with Gasteiger partial charge in [0, 0.05) is 0 Å². The molecule has 1 atom stereocenters. The molecule has 0 aromatic carbocycles. The van der Waals surface area contributed by atoms with Gasteiger partial charge >= 0.3 is 11.9 Å². The number of ether oxygens (including phenoxy) is 2. The van der Waals surface area contributed by atoms with Gasteiger partial charge in [0.15, 0.2) is 0 Å². The molecule has 0 aromatic heterocycles. The quantitative estimate of drug-likeness (QED) is 0.656. The Morgan fingerprint density at radius 1 is 1.12 bits per heavy atom. The molecule has 0 saturated heterocycles. The van der Waals surface area contributed by atoms with Crippen molar-refractivity contribution in [2.45, 2.75) is 47.1 Å². The van der Waals surface area contributed by atoms with E-state index < -0.39 is 5.92 Å². The maximum atomic E-state index is 11.6. The molecule has 94 valence electrons. The molecule has 0 N–H and O–H groups in total. The average molecular weight is 230 g/mol. The summed E-state index contributed by atoms with van der Waals surface area (Å²) in [6, 6.07) is 0. The summed E-state index contributed by atoms with van der Waals surface area (Å²) >= 11 is 0. The average Bonchev–Trinajstić information content (AvgIpc) is 2.12. The molecule has 0 aliphatic carbocycles. The lowest BCUT2D eigenvalue weighted by Gasteiger charge is -2.18. The molecule has 0 bridgehead atoms. The van der Waals surface area contributed by atoms with E-state index in [-0.39, 0.29) is 30.4 Å². The summed E-state index contributed by atoms with van der Waals surface area (Å²) in [7, 11) is 0. The zero-order valence-corrected chi connectivity index (χ0v) is 10.8. The Labute approximate surface area is 97.3 Å². The van der Waals surface area contributed by atoms with E-state index in [1.165, 1.54) is 0 Å². The summed E-state index contributed by atoms with van der Waals surface area (Å²) in [5.74, 6) is -1.01. The Hall–Kier alpha value is -1.06. The number of esters is 2. The fourth-order valence-corrected chi connectivity index (χ4v) is 1.33. The van der Waals surface area contributed by atoms with Gasteiger partial charge in [-0.25, -0.2) is 0 Å². The van der Waals surface area contributed by atoms with Crippen molar-refractivity contribution < 1.29 is 19.1 Å². The molecule has 0 radical (unpaired) electrons. The molecule has 4 heteroatoms. The molecule has 0 saturated carbocycles. The largest absolute Gasteiger partial charge is 0.466 e. The Bertz CT molecular complexity index is 233. The highest BCUT2D eigenvalue weighted by Gasteiger charge is 2.27. The van der Waals surface area contributed by atoms with Gasteiger partial charge in [0.05, 0.1) is 25.0 Å². The van der Waals surface area contributed by atoms with Crippen LogP contribution in [0.5, 0.6) is 0 Å². The molecular formula is C12H22O4. The lowest BCUT2D eigenvalue weighted by atomic mass is 9.93. The summed E-state index contributed by atoms with van der Waals surface area (Å²) in [4.78, 5) is 23.0. The van der Waals surface area contributed by atoms with Gasteiger partial charge in [0.1, 0.15) is 0 Å². The molecule has 0 fully saturated rings. The molecule has 0 heterocycles. The molecule has 4 nitrogen and oxygen atoms in total. The van der Waals surface area contributed by atoms with Crippen molar-refractivity contribution in [3.05, 3.63) is 0 Å². The third-order valence-electron chi connectivity index (χ3n) is 2.15. The van der Waals surface area contributed by atoms with Crippen LogP contribution in [0.1, 0.15) is 41.0 Å². The fourth-order valence-electron chi connectivity index (χ4n) is 1.33. The van der Waals surface area contributed by atoms with Crippen molar-refractivity contribution in [3.8, 4) is 0 Å². The van der Waals surface area contributed by atoms with Gasteiger partial charge in [0.2, 0.25) is 0 Å². The number of hydrogen-bond donors (Lipinski definition) is 0. The lowest BCUT2D eigenvalue weighted by molar-refractivity contribution is -0.158. The first kappa shape index (κ1) is 14.9. The van der Waals surface area contributed by atoms with E-state index in [1.54, 1.807) is 20.8 Å². The zero-order valence-electron chi connectivity index (χ0n) is 10.8. The molecule has 0 aliphatic rings. The van der Waals surface area contributed by atoms with Crippen LogP contribution in [0.2, 0.25) is 0 Å². The van der Waals surface area contributed by atoms with Crippen LogP contribution >= 0.6 is 0 Å². The van der Waals surface area contributed by atoms with E-state index >= 15 is 0 Å². The number of hydrogen-bond acceptors (Lipinski definition) is 4. The molecule has 0 rings (SSSR count). The summed E-state index contributed by atoms with van der Waals surface area (Å²) in [6.45, 7) is 9.44. The van der Waals surface area contributed by atoms with Crippen LogP contribution in [-0.4, -0.2) is 24.6 Å². The Kier molecular flexibility index (Phi) is 6.77. The van der Waals surface area contributed by atoms with Crippen LogP contribution in [-0.2, 0) is 19.1 Å². The first-order chi connectivity index (χ1) is 7.38. The van der Waals surface area contributed by atoms with Crippen LogP contribution in [0.25, 0.3) is 0 Å². The summed E-state index contributed by atoms with van der Waals surface area (Å²) in [5.41, 5.74) is 0. The number of carbonyl (C=O) groups is 2. The minimum Gasteiger partial charge on any atom is -0.466 e. The smallest absolute Gasteiger partial charge is 0.309 e. The zero-order chi connectivity index (χ0) is 12.7. The monoisotopic (exact) mass is 230 g/mol. The number of carbonyl (C=O) groups excluding carboxylic acids is 2. The van der Waals surface area contributed by atoms with Gasteiger partial charge < -0.3 is 9.47 Å². The highest BCUT2D eigenvalue weighted by atomic mass is 16.5. The molecule has 0 amide bonds. The Morgan fingerprint density at radius 2 is 1.69 bits per heavy atom. The topological polar surface area (TPSA) is 52.6 Å². The van der Waals surface area contributed by atoms with Crippen molar-refractivity contribution in [1.82, 2.24) is 0 Å². The Balaban J connectivity index is 4.34. The highest BCUT2D eigenvalue weighted by molar-refractivity contribution is 5.80. The maximum Gasteiger partial charge on any atom is 0.309 e. The van der Waals surface area contributed by atoms with Crippen LogP contribution in [0.3, 0.4) is 0 Å². The summed E-state index contributed by atoms with van der Waals surface area (Å²) in [6.07, 6.45) is -0.0585. The molecule has 0 spiro atoms. The van der Waals surface area contributed by atoms with Crippen LogP contribution in [0.15, 0.2) is 0 Å². The van der Waals surface area contributed by atoms with E-state index in [4.69, 9.17) is 9.47 Å². The molecule has 0 aliphatic heterocycles. The lowest BCUT2D eigenvalue weighted by Crippen LogP contribution is -2.27. The predicted molar refractivity (Wildman–Crippen MR) is 60.8 cm³/mol. The molecule has 16 heavy (non-hydrogen) atoms. The van der Waals surface area contributed by atoms with E-state index in [0.29, 0.717) is 6.61 Å². The van der Waals surface area contributed by atoms with Crippen LogP contribution < -0.4 is 0 Å². The third-order valence-corrected chi connectivity index (χ3v) is 2.15. The van der Waals surface area contributed by atoms with Crippen molar-refractivity contribution in [3.63, 3.8) is 0 Å². The van der Waals surface area contributed by atoms with Gasteiger partial charge in [-0.1, -0.05) is 13.8 Å².